The largest absolute Gasteiger partial charge is 0.397 e. The molecule has 5 heteroatoms. The third-order valence-electron chi connectivity index (χ3n) is 3.39. The fourth-order valence-electron chi connectivity index (χ4n) is 2.23. The predicted octanol–water partition coefficient (Wildman–Crippen LogP) is 1.88. The van der Waals surface area contributed by atoms with E-state index in [0.717, 1.165) is 41.2 Å². The molecule has 1 aliphatic heterocycles. The number of rotatable bonds is 1. The standard InChI is InChI=1S/C12H19BrN4/c1-8-7-16(3)4-5-17(8)12-11(13)9(2)10(14)6-15-12/h6,8H,4-5,7,14H2,1-3H3. The van der Waals surface area contributed by atoms with Crippen LogP contribution in [0.5, 0.6) is 0 Å². The Kier molecular flexibility index (Phi) is 3.58. The van der Waals surface area contributed by atoms with Crippen molar-refractivity contribution < 1.29 is 0 Å². The van der Waals surface area contributed by atoms with Gasteiger partial charge < -0.3 is 15.5 Å². The molecule has 2 heterocycles. The van der Waals surface area contributed by atoms with Crippen molar-refractivity contribution in [3.8, 4) is 0 Å². The van der Waals surface area contributed by atoms with E-state index in [1.165, 1.54) is 0 Å². The lowest BCUT2D eigenvalue weighted by atomic mass is 10.1. The van der Waals surface area contributed by atoms with Gasteiger partial charge in [0.05, 0.1) is 16.4 Å². The lowest BCUT2D eigenvalue weighted by molar-refractivity contribution is 0.274. The highest BCUT2D eigenvalue weighted by Gasteiger charge is 2.24. The fraction of sp³-hybridized carbons (Fsp3) is 0.583. The molecule has 0 saturated carbocycles. The number of aromatic nitrogens is 1. The van der Waals surface area contributed by atoms with Crippen LogP contribution in [-0.2, 0) is 0 Å². The van der Waals surface area contributed by atoms with Crippen LogP contribution in [0.25, 0.3) is 0 Å². The fourth-order valence-corrected chi connectivity index (χ4v) is 2.79. The zero-order chi connectivity index (χ0) is 12.6. The van der Waals surface area contributed by atoms with E-state index in [-0.39, 0.29) is 0 Å². The third-order valence-corrected chi connectivity index (χ3v) is 4.34. The molecule has 1 atom stereocenters. The maximum atomic E-state index is 5.86. The van der Waals surface area contributed by atoms with Gasteiger partial charge in [-0.2, -0.15) is 0 Å². The third kappa shape index (κ3) is 2.40. The maximum Gasteiger partial charge on any atom is 0.143 e. The van der Waals surface area contributed by atoms with Crippen molar-refractivity contribution in [1.82, 2.24) is 9.88 Å². The molecule has 0 bridgehead atoms. The molecule has 0 radical (unpaired) electrons. The van der Waals surface area contributed by atoms with Crippen molar-refractivity contribution in [1.29, 1.82) is 0 Å². The molecule has 94 valence electrons. The molecule has 1 unspecified atom stereocenters. The Morgan fingerprint density at radius 1 is 1.47 bits per heavy atom. The normalized spacial score (nSPS) is 21.9. The van der Waals surface area contributed by atoms with Crippen molar-refractivity contribution in [2.45, 2.75) is 19.9 Å². The minimum Gasteiger partial charge on any atom is -0.397 e. The van der Waals surface area contributed by atoms with E-state index in [0.29, 0.717) is 6.04 Å². The van der Waals surface area contributed by atoms with Crippen molar-refractivity contribution in [3.63, 3.8) is 0 Å². The molecule has 1 aliphatic rings. The van der Waals surface area contributed by atoms with Gasteiger partial charge in [0.25, 0.3) is 0 Å². The Bertz CT molecular complexity index is 421. The summed E-state index contributed by atoms with van der Waals surface area (Å²) in [7, 11) is 2.16. The topological polar surface area (TPSA) is 45.4 Å². The van der Waals surface area contributed by atoms with E-state index in [9.17, 15) is 0 Å². The first-order valence-electron chi connectivity index (χ1n) is 5.86. The molecular formula is C12H19BrN4. The van der Waals surface area contributed by atoms with Crippen molar-refractivity contribution in [3.05, 3.63) is 16.2 Å². The summed E-state index contributed by atoms with van der Waals surface area (Å²) in [5.74, 6) is 1.01. The number of nitrogens with two attached hydrogens (primary N) is 1. The van der Waals surface area contributed by atoms with Gasteiger partial charge >= 0.3 is 0 Å². The van der Waals surface area contributed by atoms with Gasteiger partial charge in [0.1, 0.15) is 5.82 Å². The Morgan fingerprint density at radius 2 is 2.18 bits per heavy atom. The first-order valence-corrected chi connectivity index (χ1v) is 6.65. The summed E-state index contributed by atoms with van der Waals surface area (Å²) in [6.07, 6.45) is 1.75. The van der Waals surface area contributed by atoms with E-state index in [1.54, 1.807) is 6.20 Å². The second-order valence-electron chi connectivity index (χ2n) is 4.78. The number of hydrogen-bond acceptors (Lipinski definition) is 4. The number of anilines is 2. The van der Waals surface area contributed by atoms with Crippen LogP contribution in [0.4, 0.5) is 11.5 Å². The molecule has 0 aliphatic carbocycles. The molecule has 2 N–H and O–H groups in total. The highest BCUT2D eigenvalue weighted by atomic mass is 79.9. The zero-order valence-corrected chi connectivity index (χ0v) is 12.2. The van der Waals surface area contributed by atoms with Crippen molar-refractivity contribution in [2.75, 3.05) is 37.3 Å². The van der Waals surface area contributed by atoms with E-state index >= 15 is 0 Å². The summed E-state index contributed by atoms with van der Waals surface area (Å²) in [6, 6.07) is 0.473. The second-order valence-corrected chi connectivity index (χ2v) is 5.57. The molecule has 4 nitrogen and oxygen atoms in total. The van der Waals surface area contributed by atoms with Gasteiger partial charge in [0.2, 0.25) is 0 Å². The number of halogens is 1. The Morgan fingerprint density at radius 3 is 2.82 bits per heavy atom. The SMILES string of the molecule is Cc1c(N)cnc(N2CCN(C)CC2C)c1Br. The van der Waals surface area contributed by atoms with Gasteiger partial charge in [-0.1, -0.05) is 0 Å². The summed E-state index contributed by atoms with van der Waals surface area (Å²) in [5, 5.41) is 0. The predicted molar refractivity (Wildman–Crippen MR) is 75.4 cm³/mol. The second kappa shape index (κ2) is 4.82. The molecule has 0 amide bonds. The zero-order valence-electron chi connectivity index (χ0n) is 10.6. The summed E-state index contributed by atoms with van der Waals surface area (Å²) in [6.45, 7) is 7.40. The van der Waals surface area contributed by atoms with Gasteiger partial charge in [-0.05, 0) is 42.4 Å². The molecule has 0 aromatic carbocycles. The smallest absolute Gasteiger partial charge is 0.143 e. The maximum absolute atomic E-state index is 5.86. The van der Waals surface area contributed by atoms with Crippen LogP contribution < -0.4 is 10.6 Å². The highest BCUT2D eigenvalue weighted by molar-refractivity contribution is 9.10. The first-order chi connectivity index (χ1) is 8.00. The number of pyridine rings is 1. The van der Waals surface area contributed by atoms with Crippen LogP contribution in [-0.4, -0.2) is 42.6 Å². The summed E-state index contributed by atoms with van der Waals surface area (Å²) >= 11 is 3.61. The average Bonchev–Trinajstić information content (AvgIpc) is 2.28. The highest BCUT2D eigenvalue weighted by Crippen LogP contribution is 2.32. The Balaban J connectivity index is 2.31. The van der Waals surface area contributed by atoms with Gasteiger partial charge in [-0.15, -0.1) is 0 Å². The number of nitrogen functional groups attached to an aromatic ring is 1. The monoisotopic (exact) mass is 298 g/mol. The lowest BCUT2D eigenvalue weighted by Gasteiger charge is -2.39. The molecule has 2 rings (SSSR count). The van der Waals surface area contributed by atoms with Crippen LogP contribution in [0, 0.1) is 6.92 Å². The van der Waals surface area contributed by atoms with E-state index in [1.807, 2.05) is 6.92 Å². The molecular weight excluding hydrogens is 280 g/mol. The van der Waals surface area contributed by atoms with Crippen molar-refractivity contribution in [2.24, 2.45) is 0 Å². The van der Waals surface area contributed by atoms with E-state index in [4.69, 9.17) is 5.73 Å². The van der Waals surface area contributed by atoms with E-state index < -0.39 is 0 Å². The van der Waals surface area contributed by atoms with Crippen LogP contribution >= 0.6 is 15.9 Å². The first kappa shape index (κ1) is 12.6. The average molecular weight is 299 g/mol. The summed E-state index contributed by atoms with van der Waals surface area (Å²) in [4.78, 5) is 9.16. The lowest BCUT2D eigenvalue weighted by Crippen LogP contribution is -2.51. The minimum absolute atomic E-state index is 0.473. The molecule has 1 aromatic rings. The molecule has 1 aromatic heterocycles. The van der Waals surface area contributed by atoms with Gasteiger partial charge in [-0.3, -0.25) is 0 Å². The quantitative estimate of drug-likeness (QED) is 0.860. The van der Waals surface area contributed by atoms with Gasteiger partial charge in [-0.25, -0.2) is 4.98 Å². The minimum atomic E-state index is 0.473. The van der Waals surface area contributed by atoms with Crippen LogP contribution in [0.15, 0.2) is 10.7 Å². The summed E-state index contributed by atoms with van der Waals surface area (Å²) in [5.41, 5.74) is 7.67. The van der Waals surface area contributed by atoms with Gasteiger partial charge in [0, 0.05) is 25.7 Å². The number of likely N-dealkylation sites (N-methyl/N-ethyl adjacent to an activating group) is 1. The number of nitrogens with zero attached hydrogens (tertiary/aromatic N) is 3. The van der Waals surface area contributed by atoms with Crippen LogP contribution in [0.3, 0.4) is 0 Å². The number of hydrogen-bond donors (Lipinski definition) is 1. The van der Waals surface area contributed by atoms with Crippen LogP contribution in [0.2, 0.25) is 0 Å². The van der Waals surface area contributed by atoms with Crippen molar-refractivity contribution >= 4 is 27.4 Å². The van der Waals surface area contributed by atoms with E-state index in [2.05, 4.69) is 44.7 Å². The van der Waals surface area contributed by atoms with Crippen LogP contribution in [0.1, 0.15) is 12.5 Å². The number of piperazine rings is 1. The molecule has 0 spiro atoms. The Labute approximate surface area is 111 Å². The molecule has 17 heavy (non-hydrogen) atoms. The van der Waals surface area contributed by atoms with Gasteiger partial charge in [0.15, 0.2) is 0 Å². The molecule has 1 saturated heterocycles. The molecule has 1 fully saturated rings. The summed E-state index contributed by atoms with van der Waals surface area (Å²) < 4.78 is 1.02. The Hall–Kier alpha value is -0.810.